The van der Waals surface area contributed by atoms with Crippen LogP contribution in [0.15, 0.2) is 0 Å². The van der Waals surface area contributed by atoms with Gasteiger partial charge in [-0.25, -0.2) is 0 Å². The average Bonchev–Trinajstić information content (AvgIpc) is 2.14. The van der Waals surface area contributed by atoms with E-state index in [1.165, 1.54) is 19.3 Å². The van der Waals surface area contributed by atoms with Gasteiger partial charge in [-0.15, -0.1) is 0 Å². The lowest BCUT2D eigenvalue weighted by Crippen LogP contribution is -2.26. The summed E-state index contributed by atoms with van der Waals surface area (Å²) in [5.41, 5.74) is 0. The highest BCUT2D eigenvalue weighted by Crippen LogP contribution is 2.12. The summed E-state index contributed by atoms with van der Waals surface area (Å²) in [6, 6.07) is 0. The van der Waals surface area contributed by atoms with Gasteiger partial charge < -0.3 is 14.8 Å². The Labute approximate surface area is 74.4 Å². The van der Waals surface area contributed by atoms with Gasteiger partial charge in [-0.1, -0.05) is 0 Å². The third kappa shape index (κ3) is 4.04. The molecule has 0 saturated carbocycles. The minimum Gasteiger partial charge on any atom is -0.377 e. The Morgan fingerprint density at radius 3 is 3.08 bits per heavy atom. The molecule has 0 aromatic heterocycles. The zero-order chi connectivity index (χ0) is 8.65. The van der Waals surface area contributed by atoms with Crippen LogP contribution in [0, 0.1) is 0 Å². The second kappa shape index (κ2) is 6.40. The van der Waals surface area contributed by atoms with E-state index in [4.69, 9.17) is 9.47 Å². The van der Waals surface area contributed by atoms with Crippen molar-refractivity contribution in [3.05, 3.63) is 0 Å². The number of nitrogens with one attached hydrogen (secondary N) is 1. The van der Waals surface area contributed by atoms with Crippen LogP contribution < -0.4 is 5.32 Å². The highest BCUT2D eigenvalue weighted by molar-refractivity contribution is 4.62. The first-order chi connectivity index (χ1) is 5.93. The largest absolute Gasteiger partial charge is 0.377 e. The zero-order valence-corrected chi connectivity index (χ0v) is 7.84. The molecule has 1 aliphatic heterocycles. The fraction of sp³-hybridized carbons (Fsp3) is 1.00. The molecule has 0 aromatic rings. The van der Waals surface area contributed by atoms with Crippen molar-refractivity contribution >= 4 is 0 Å². The van der Waals surface area contributed by atoms with Crippen LogP contribution >= 0.6 is 0 Å². The quantitative estimate of drug-likeness (QED) is 0.624. The number of ether oxygens (including phenoxy) is 2. The van der Waals surface area contributed by atoms with Crippen LogP contribution in [0.4, 0.5) is 0 Å². The summed E-state index contributed by atoms with van der Waals surface area (Å²) in [6.07, 6.45) is 4.03. The molecule has 1 heterocycles. The molecule has 0 radical (unpaired) electrons. The van der Waals surface area contributed by atoms with Gasteiger partial charge in [-0.3, -0.25) is 0 Å². The number of rotatable bonds is 5. The van der Waals surface area contributed by atoms with E-state index in [-0.39, 0.29) is 0 Å². The molecule has 0 aromatic carbocycles. The Balaban J connectivity index is 1.91. The van der Waals surface area contributed by atoms with E-state index in [2.05, 4.69) is 5.32 Å². The average molecular weight is 173 g/mol. The summed E-state index contributed by atoms with van der Waals surface area (Å²) in [6.45, 7) is 3.39. The maximum absolute atomic E-state index is 5.51. The van der Waals surface area contributed by atoms with E-state index in [0.717, 1.165) is 26.4 Å². The van der Waals surface area contributed by atoms with E-state index < -0.39 is 0 Å². The summed E-state index contributed by atoms with van der Waals surface area (Å²) in [7, 11) is 1.93. The van der Waals surface area contributed by atoms with Crippen molar-refractivity contribution in [2.45, 2.75) is 25.4 Å². The van der Waals surface area contributed by atoms with Crippen LogP contribution in [0.1, 0.15) is 19.3 Å². The second-order valence-electron chi connectivity index (χ2n) is 3.17. The minimum atomic E-state index is 0.357. The Morgan fingerprint density at radius 2 is 2.42 bits per heavy atom. The maximum Gasteiger partial charge on any atom is 0.0808 e. The molecule has 3 heteroatoms. The van der Waals surface area contributed by atoms with Crippen molar-refractivity contribution in [1.29, 1.82) is 0 Å². The van der Waals surface area contributed by atoms with Crippen molar-refractivity contribution < 1.29 is 9.47 Å². The Hall–Kier alpha value is -0.120. The predicted octanol–water partition coefficient (Wildman–Crippen LogP) is 0.791. The lowest BCUT2D eigenvalue weighted by atomic mass is 10.1. The summed E-state index contributed by atoms with van der Waals surface area (Å²) >= 11 is 0. The molecule has 3 nitrogen and oxygen atoms in total. The lowest BCUT2D eigenvalue weighted by Gasteiger charge is -2.22. The summed E-state index contributed by atoms with van der Waals surface area (Å²) < 4.78 is 10.9. The smallest absolute Gasteiger partial charge is 0.0808 e. The van der Waals surface area contributed by atoms with Gasteiger partial charge >= 0.3 is 0 Å². The maximum atomic E-state index is 5.51. The van der Waals surface area contributed by atoms with E-state index in [1.807, 2.05) is 7.05 Å². The normalized spacial score (nSPS) is 24.2. The van der Waals surface area contributed by atoms with E-state index >= 15 is 0 Å². The molecule has 0 bridgehead atoms. The minimum absolute atomic E-state index is 0.357. The van der Waals surface area contributed by atoms with Gasteiger partial charge in [0.25, 0.3) is 0 Å². The predicted molar refractivity (Wildman–Crippen MR) is 48.3 cm³/mol. The number of hydrogen-bond donors (Lipinski definition) is 1. The number of hydrogen-bond acceptors (Lipinski definition) is 3. The van der Waals surface area contributed by atoms with E-state index in [9.17, 15) is 0 Å². The van der Waals surface area contributed by atoms with E-state index in [1.54, 1.807) is 0 Å². The topological polar surface area (TPSA) is 30.5 Å². The molecule has 0 spiro atoms. The van der Waals surface area contributed by atoms with Crippen LogP contribution in [-0.2, 0) is 9.47 Å². The summed E-state index contributed by atoms with van der Waals surface area (Å²) in [4.78, 5) is 0. The molecular formula is C9H19NO2. The van der Waals surface area contributed by atoms with Gasteiger partial charge in [-0.05, 0) is 26.3 Å². The first kappa shape index (κ1) is 9.96. The molecule has 1 unspecified atom stereocenters. The summed E-state index contributed by atoms with van der Waals surface area (Å²) in [5, 5.41) is 3.04. The fourth-order valence-electron chi connectivity index (χ4n) is 1.33. The Kier molecular flexibility index (Phi) is 5.32. The van der Waals surface area contributed by atoms with Crippen LogP contribution in [0.2, 0.25) is 0 Å². The Bertz CT molecular complexity index is 103. The lowest BCUT2D eigenvalue weighted by molar-refractivity contribution is -0.0397. The molecule has 0 amide bonds. The fourth-order valence-corrected chi connectivity index (χ4v) is 1.33. The molecular weight excluding hydrogens is 154 g/mol. The molecule has 1 rings (SSSR count). The molecule has 72 valence electrons. The van der Waals surface area contributed by atoms with Gasteiger partial charge in [0.05, 0.1) is 19.3 Å². The molecule has 1 saturated heterocycles. The van der Waals surface area contributed by atoms with Crippen LogP contribution in [0.3, 0.4) is 0 Å². The highest BCUT2D eigenvalue weighted by atomic mass is 16.5. The molecule has 0 aliphatic carbocycles. The molecule has 1 atom stereocenters. The number of likely N-dealkylation sites (N-methyl/N-ethyl adjacent to an activating group) is 1. The SMILES string of the molecule is CNCCOCC1CCCCO1. The van der Waals surface area contributed by atoms with Crippen molar-refractivity contribution in [1.82, 2.24) is 5.32 Å². The van der Waals surface area contributed by atoms with Crippen molar-refractivity contribution in [3.8, 4) is 0 Å². The van der Waals surface area contributed by atoms with Crippen molar-refractivity contribution in [2.75, 3.05) is 33.4 Å². The first-order valence-corrected chi connectivity index (χ1v) is 4.77. The third-order valence-corrected chi connectivity index (χ3v) is 2.07. The van der Waals surface area contributed by atoms with Crippen molar-refractivity contribution in [2.24, 2.45) is 0 Å². The molecule has 12 heavy (non-hydrogen) atoms. The summed E-state index contributed by atoms with van der Waals surface area (Å²) in [5.74, 6) is 0. The first-order valence-electron chi connectivity index (χ1n) is 4.77. The van der Waals surface area contributed by atoms with E-state index in [0.29, 0.717) is 6.10 Å². The Morgan fingerprint density at radius 1 is 1.50 bits per heavy atom. The molecule has 1 N–H and O–H groups in total. The monoisotopic (exact) mass is 173 g/mol. The third-order valence-electron chi connectivity index (χ3n) is 2.07. The van der Waals surface area contributed by atoms with Crippen LogP contribution in [0.25, 0.3) is 0 Å². The standard InChI is InChI=1S/C9H19NO2/c1-10-5-7-11-8-9-4-2-3-6-12-9/h9-10H,2-8H2,1H3. The van der Waals surface area contributed by atoms with Gasteiger partial charge in [0.1, 0.15) is 0 Å². The molecule has 1 fully saturated rings. The highest BCUT2D eigenvalue weighted by Gasteiger charge is 2.12. The zero-order valence-electron chi connectivity index (χ0n) is 7.84. The van der Waals surface area contributed by atoms with Gasteiger partial charge in [0.2, 0.25) is 0 Å². The van der Waals surface area contributed by atoms with Crippen molar-refractivity contribution in [3.63, 3.8) is 0 Å². The van der Waals surface area contributed by atoms with Gasteiger partial charge in [0.15, 0.2) is 0 Å². The second-order valence-corrected chi connectivity index (χ2v) is 3.17. The van der Waals surface area contributed by atoms with Gasteiger partial charge in [-0.2, -0.15) is 0 Å². The van der Waals surface area contributed by atoms with Crippen LogP contribution in [0.5, 0.6) is 0 Å². The van der Waals surface area contributed by atoms with Crippen LogP contribution in [-0.4, -0.2) is 39.5 Å². The van der Waals surface area contributed by atoms with Gasteiger partial charge in [0, 0.05) is 13.2 Å². The molecule has 1 aliphatic rings.